The first-order valence-electron chi connectivity index (χ1n) is 12.9. The van der Waals surface area contributed by atoms with Crippen LogP contribution in [0.4, 0.5) is 10.2 Å². The minimum atomic E-state index is -0.248. The molecule has 0 radical (unpaired) electrons. The van der Waals surface area contributed by atoms with E-state index >= 15 is 4.39 Å². The lowest BCUT2D eigenvalue weighted by molar-refractivity contribution is -0.140. The van der Waals surface area contributed by atoms with Crippen molar-refractivity contribution in [3.8, 4) is 17.0 Å². The van der Waals surface area contributed by atoms with Crippen molar-refractivity contribution in [2.24, 2.45) is 10.8 Å². The van der Waals surface area contributed by atoms with E-state index in [2.05, 4.69) is 50.6 Å². The predicted molar refractivity (Wildman–Crippen MR) is 139 cm³/mol. The average molecular weight is 506 g/mol. The molecule has 0 aromatic carbocycles. The Labute approximate surface area is 214 Å². The van der Waals surface area contributed by atoms with E-state index in [1.54, 1.807) is 17.8 Å². The predicted octanol–water partition coefficient (Wildman–Crippen LogP) is 3.70. The van der Waals surface area contributed by atoms with Gasteiger partial charge in [-0.2, -0.15) is 5.10 Å². The Kier molecular flexibility index (Phi) is 4.88. The maximum Gasteiger partial charge on any atom is 0.197 e. The number of hydrogen-bond acceptors (Lipinski definition) is 7. The van der Waals surface area contributed by atoms with Crippen molar-refractivity contribution in [3.63, 3.8) is 0 Å². The summed E-state index contributed by atoms with van der Waals surface area (Å²) in [6.45, 7) is 13.1. The highest BCUT2D eigenvalue weighted by atomic mass is 19.1. The Hall–Kier alpha value is -3.24. The molecule has 194 valence electrons. The zero-order valence-corrected chi connectivity index (χ0v) is 21.7. The number of fused-ring (bicyclic) bond motifs is 2. The largest absolute Gasteiger partial charge is 0.493 e. The van der Waals surface area contributed by atoms with Gasteiger partial charge < -0.3 is 24.3 Å². The lowest BCUT2D eigenvalue weighted by atomic mass is 9.71. The van der Waals surface area contributed by atoms with Crippen LogP contribution in [0.15, 0.2) is 24.8 Å². The van der Waals surface area contributed by atoms with Crippen LogP contribution in [0.5, 0.6) is 5.75 Å². The van der Waals surface area contributed by atoms with E-state index < -0.39 is 0 Å². The number of aromatic nitrogens is 5. The van der Waals surface area contributed by atoms with Crippen LogP contribution in [-0.2, 0) is 4.74 Å². The number of methoxy groups -OCH3 is 1. The first-order chi connectivity index (χ1) is 17.8. The fourth-order valence-electron chi connectivity index (χ4n) is 6.58. The number of anilines is 1. The number of hydrogen-bond donors (Lipinski definition) is 1. The van der Waals surface area contributed by atoms with Crippen molar-refractivity contribution >= 4 is 22.4 Å². The molecule has 3 saturated heterocycles. The van der Waals surface area contributed by atoms with Gasteiger partial charge in [0.25, 0.3) is 0 Å². The molecule has 0 amide bonds. The van der Waals surface area contributed by atoms with Gasteiger partial charge in [-0.05, 0) is 17.5 Å². The number of nitrogens with zero attached hydrogens (tertiary/aromatic N) is 6. The number of likely N-dealkylation sites (tertiary alicyclic amines) is 1. The second-order valence-electron chi connectivity index (χ2n) is 11.9. The summed E-state index contributed by atoms with van der Waals surface area (Å²) >= 11 is 0. The van der Waals surface area contributed by atoms with Crippen LogP contribution in [0.3, 0.4) is 0 Å². The maximum absolute atomic E-state index is 16.2. The fraction of sp³-hybridized carbons (Fsp3) is 0.519. The first-order valence-corrected chi connectivity index (χ1v) is 12.9. The molecular formula is C27H32FN7O2. The number of H-pyrrole nitrogens is 1. The van der Waals surface area contributed by atoms with Crippen molar-refractivity contribution in [2.45, 2.75) is 26.7 Å². The van der Waals surface area contributed by atoms with Crippen LogP contribution in [0.2, 0.25) is 0 Å². The van der Waals surface area contributed by atoms with Crippen LogP contribution in [0.25, 0.3) is 27.8 Å². The quantitative estimate of drug-likeness (QED) is 0.428. The van der Waals surface area contributed by atoms with E-state index in [1.807, 2.05) is 12.3 Å². The third-order valence-electron chi connectivity index (χ3n) is 8.20. The molecule has 9 nitrogen and oxygen atoms in total. The molecule has 7 rings (SSSR count). The Bertz CT molecular complexity index is 1510. The summed E-state index contributed by atoms with van der Waals surface area (Å²) in [5, 5.41) is 4.90. The second-order valence-corrected chi connectivity index (χ2v) is 11.9. The first kappa shape index (κ1) is 22.9. The van der Waals surface area contributed by atoms with E-state index in [0.29, 0.717) is 33.5 Å². The second kappa shape index (κ2) is 7.88. The van der Waals surface area contributed by atoms with Gasteiger partial charge in [-0.3, -0.25) is 0 Å². The van der Waals surface area contributed by atoms with Crippen LogP contribution >= 0.6 is 0 Å². The number of pyridine rings is 2. The standard InChI is InChI=1S/C27H32FN7O2/c1-16(2)20-21-18(32-23(20)17-5-19(36-4)24-30-15-31-35(24)7-17)6-29-25(22(21)28)34-11-27(12-34)9-33(10-27)8-26(3)13-37-14-26/h5-7,15-16,32H,8-14H2,1-4H3. The van der Waals surface area contributed by atoms with E-state index in [0.717, 1.165) is 62.8 Å². The summed E-state index contributed by atoms with van der Waals surface area (Å²) in [6, 6.07) is 1.92. The lowest BCUT2D eigenvalue weighted by Gasteiger charge is -2.62. The highest BCUT2D eigenvalue weighted by molar-refractivity contribution is 5.93. The Balaban J connectivity index is 1.19. The van der Waals surface area contributed by atoms with E-state index in [4.69, 9.17) is 9.47 Å². The maximum atomic E-state index is 16.2. The molecular weight excluding hydrogens is 473 g/mol. The highest BCUT2D eigenvalue weighted by Gasteiger charge is 2.54. The van der Waals surface area contributed by atoms with Crippen LogP contribution in [0, 0.1) is 16.6 Å². The number of nitrogens with one attached hydrogen (secondary N) is 1. The van der Waals surface area contributed by atoms with Gasteiger partial charge in [-0.15, -0.1) is 0 Å². The number of ether oxygens (including phenoxy) is 2. The lowest BCUT2D eigenvalue weighted by Crippen LogP contribution is -2.73. The van der Waals surface area contributed by atoms with Gasteiger partial charge in [0, 0.05) is 60.7 Å². The van der Waals surface area contributed by atoms with Crippen molar-refractivity contribution < 1.29 is 13.9 Å². The molecule has 10 heteroatoms. The summed E-state index contributed by atoms with van der Waals surface area (Å²) in [4.78, 5) is 16.9. The van der Waals surface area contributed by atoms with E-state index in [1.165, 1.54) is 6.33 Å². The van der Waals surface area contributed by atoms with Gasteiger partial charge in [-0.1, -0.05) is 20.8 Å². The zero-order chi connectivity index (χ0) is 25.5. The van der Waals surface area contributed by atoms with Gasteiger partial charge in [0.05, 0.1) is 37.7 Å². The summed E-state index contributed by atoms with van der Waals surface area (Å²) in [5.41, 5.74) is 4.53. The van der Waals surface area contributed by atoms with Gasteiger partial charge in [-0.25, -0.2) is 18.9 Å². The summed E-state index contributed by atoms with van der Waals surface area (Å²) < 4.78 is 28.8. The Morgan fingerprint density at radius 2 is 1.97 bits per heavy atom. The SMILES string of the molecule is COc1cc(-c2[nH]c3cnc(N4CC5(CN(CC6(C)COC6)C5)C4)c(F)c3c2C(C)C)cn2ncnc12. The molecule has 0 atom stereocenters. The third-order valence-corrected chi connectivity index (χ3v) is 8.20. The summed E-state index contributed by atoms with van der Waals surface area (Å²) in [5.74, 6) is 0.906. The van der Waals surface area contributed by atoms with Gasteiger partial charge in [0.1, 0.15) is 6.33 Å². The van der Waals surface area contributed by atoms with Gasteiger partial charge >= 0.3 is 0 Å². The molecule has 3 aliphatic rings. The molecule has 0 aliphatic carbocycles. The Morgan fingerprint density at radius 3 is 2.65 bits per heavy atom. The Morgan fingerprint density at radius 1 is 1.19 bits per heavy atom. The molecule has 0 saturated carbocycles. The molecule has 7 heterocycles. The molecule has 1 spiro atoms. The third kappa shape index (κ3) is 3.45. The summed E-state index contributed by atoms with van der Waals surface area (Å²) in [6.07, 6.45) is 5.16. The highest BCUT2D eigenvalue weighted by Crippen LogP contribution is 2.46. The minimum absolute atomic E-state index is 0.0886. The fourth-order valence-corrected chi connectivity index (χ4v) is 6.58. The molecule has 37 heavy (non-hydrogen) atoms. The van der Waals surface area contributed by atoms with Gasteiger partial charge in [0.15, 0.2) is 23.0 Å². The van der Waals surface area contributed by atoms with Crippen molar-refractivity contribution in [1.29, 1.82) is 0 Å². The van der Waals surface area contributed by atoms with Crippen LogP contribution in [-0.4, -0.2) is 82.5 Å². The van der Waals surface area contributed by atoms with E-state index in [9.17, 15) is 0 Å². The molecule has 0 bridgehead atoms. The molecule has 3 aliphatic heterocycles. The molecule has 0 unspecified atom stereocenters. The molecule has 4 aromatic heterocycles. The monoisotopic (exact) mass is 505 g/mol. The average Bonchev–Trinajstić information content (AvgIpc) is 3.43. The van der Waals surface area contributed by atoms with Crippen LogP contribution < -0.4 is 9.64 Å². The number of halogens is 1. The topological polar surface area (TPSA) is 83.8 Å². The smallest absolute Gasteiger partial charge is 0.197 e. The summed E-state index contributed by atoms with van der Waals surface area (Å²) in [7, 11) is 1.61. The van der Waals surface area contributed by atoms with Crippen molar-refractivity contribution in [1.82, 2.24) is 29.5 Å². The minimum Gasteiger partial charge on any atom is -0.493 e. The zero-order valence-electron chi connectivity index (χ0n) is 21.7. The van der Waals surface area contributed by atoms with Crippen molar-refractivity contribution in [3.05, 3.63) is 36.2 Å². The number of rotatable bonds is 6. The van der Waals surface area contributed by atoms with E-state index in [-0.39, 0.29) is 17.2 Å². The normalized spacial score (nSPS) is 20.4. The van der Waals surface area contributed by atoms with Crippen LogP contribution in [0.1, 0.15) is 32.3 Å². The molecule has 1 N–H and O–H groups in total. The number of aromatic amines is 1. The molecule has 4 aromatic rings. The van der Waals surface area contributed by atoms with Gasteiger partial charge in [0.2, 0.25) is 0 Å². The molecule has 3 fully saturated rings. The van der Waals surface area contributed by atoms with Crippen molar-refractivity contribution in [2.75, 3.05) is 57.9 Å².